The minimum Gasteiger partial charge on any atom is -0.379 e. The Morgan fingerprint density at radius 3 is 2.83 bits per heavy atom. The number of ether oxygens (including phenoxy) is 1. The van der Waals surface area contributed by atoms with Crippen molar-refractivity contribution in [2.75, 3.05) is 38.3 Å². The molecule has 1 saturated heterocycles. The maximum Gasteiger partial charge on any atom is 0.0624 e. The highest BCUT2D eigenvalue weighted by Crippen LogP contribution is 2.22. The van der Waals surface area contributed by atoms with Gasteiger partial charge in [0.2, 0.25) is 0 Å². The fourth-order valence-corrected chi connectivity index (χ4v) is 2.71. The third-order valence-electron chi connectivity index (χ3n) is 3.70. The van der Waals surface area contributed by atoms with Crippen LogP contribution in [0.15, 0.2) is 24.3 Å². The molecule has 0 radical (unpaired) electrons. The highest BCUT2D eigenvalue weighted by molar-refractivity contribution is 5.52. The summed E-state index contributed by atoms with van der Waals surface area (Å²) in [6.07, 6.45) is 0. The van der Waals surface area contributed by atoms with Crippen molar-refractivity contribution in [1.29, 1.82) is 0 Å². The molecule has 1 fully saturated rings. The van der Waals surface area contributed by atoms with E-state index in [0.717, 1.165) is 26.3 Å². The van der Waals surface area contributed by atoms with Gasteiger partial charge in [-0.15, -0.1) is 0 Å². The fraction of sp³-hybridized carbons (Fsp3) is 0.600. The minimum absolute atomic E-state index is 0.501. The van der Waals surface area contributed by atoms with Crippen molar-refractivity contribution in [3.63, 3.8) is 0 Å². The number of nitrogens with one attached hydrogen (secondary N) is 1. The summed E-state index contributed by atoms with van der Waals surface area (Å²) in [5, 5.41) is 3.51. The van der Waals surface area contributed by atoms with Crippen LogP contribution in [-0.2, 0) is 4.74 Å². The zero-order chi connectivity index (χ0) is 13.0. The van der Waals surface area contributed by atoms with Gasteiger partial charge < -0.3 is 15.0 Å². The normalized spacial score (nSPS) is 23.3. The lowest BCUT2D eigenvalue weighted by atomic mass is 10.0. The second-order valence-electron chi connectivity index (χ2n) is 5.13. The topological polar surface area (TPSA) is 24.5 Å². The lowest BCUT2D eigenvalue weighted by molar-refractivity contribution is 0.183. The summed E-state index contributed by atoms with van der Waals surface area (Å²) in [4.78, 5) is 2.35. The van der Waals surface area contributed by atoms with Gasteiger partial charge in [-0.2, -0.15) is 0 Å². The Balaban J connectivity index is 1.98. The first kappa shape index (κ1) is 13.4. The van der Waals surface area contributed by atoms with E-state index in [2.05, 4.69) is 55.4 Å². The van der Waals surface area contributed by atoms with Crippen LogP contribution in [0.2, 0.25) is 0 Å². The highest BCUT2D eigenvalue weighted by Gasteiger charge is 2.28. The van der Waals surface area contributed by atoms with Crippen LogP contribution in [0.4, 0.5) is 5.69 Å². The van der Waals surface area contributed by atoms with Gasteiger partial charge in [-0.1, -0.05) is 25.1 Å². The average molecular weight is 248 g/mol. The van der Waals surface area contributed by atoms with Gasteiger partial charge in [0, 0.05) is 31.2 Å². The van der Waals surface area contributed by atoms with Crippen LogP contribution in [0.25, 0.3) is 0 Å². The molecule has 18 heavy (non-hydrogen) atoms. The summed E-state index contributed by atoms with van der Waals surface area (Å²) in [6, 6.07) is 9.05. The summed E-state index contributed by atoms with van der Waals surface area (Å²) < 4.78 is 5.60. The number of para-hydroxylation sites is 1. The molecule has 0 aliphatic carbocycles. The van der Waals surface area contributed by atoms with E-state index >= 15 is 0 Å². The molecule has 0 bridgehead atoms. The predicted molar refractivity (Wildman–Crippen MR) is 76.2 cm³/mol. The van der Waals surface area contributed by atoms with Crippen LogP contribution in [0.1, 0.15) is 12.5 Å². The maximum absolute atomic E-state index is 5.60. The third kappa shape index (κ3) is 3.03. The van der Waals surface area contributed by atoms with E-state index in [1.807, 2.05) is 0 Å². The summed E-state index contributed by atoms with van der Waals surface area (Å²) in [7, 11) is 2.17. The van der Waals surface area contributed by atoms with Crippen LogP contribution >= 0.6 is 0 Å². The number of rotatable bonds is 5. The standard InChI is InChI=1S/C15H24N2O/c1-4-16-14-11-18-10-13(14)9-17(3)15-8-6-5-7-12(15)2/h5-8,13-14,16H,4,9-11H2,1-3H3. The molecular weight excluding hydrogens is 224 g/mol. The van der Waals surface area contributed by atoms with Gasteiger partial charge >= 0.3 is 0 Å². The number of hydrogen-bond donors (Lipinski definition) is 1. The Labute approximate surface area is 110 Å². The van der Waals surface area contributed by atoms with Crippen LogP contribution in [-0.4, -0.2) is 39.4 Å². The van der Waals surface area contributed by atoms with Crippen molar-refractivity contribution in [1.82, 2.24) is 5.32 Å². The molecule has 2 atom stereocenters. The monoisotopic (exact) mass is 248 g/mol. The van der Waals surface area contributed by atoms with Gasteiger partial charge in [-0.25, -0.2) is 0 Å². The molecule has 0 amide bonds. The lowest BCUT2D eigenvalue weighted by Gasteiger charge is -2.27. The highest BCUT2D eigenvalue weighted by atomic mass is 16.5. The molecule has 0 saturated carbocycles. The Morgan fingerprint density at radius 2 is 2.11 bits per heavy atom. The number of hydrogen-bond acceptors (Lipinski definition) is 3. The van der Waals surface area contributed by atoms with E-state index in [4.69, 9.17) is 4.74 Å². The Kier molecular flexibility index (Phi) is 4.61. The van der Waals surface area contributed by atoms with Crippen molar-refractivity contribution in [3.8, 4) is 0 Å². The van der Waals surface area contributed by atoms with Crippen molar-refractivity contribution in [2.24, 2.45) is 5.92 Å². The molecule has 3 heteroatoms. The van der Waals surface area contributed by atoms with Crippen molar-refractivity contribution >= 4 is 5.69 Å². The number of likely N-dealkylation sites (N-methyl/N-ethyl adjacent to an activating group) is 1. The van der Waals surface area contributed by atoms with Gasteiger partial charge in [-0.05, 0) is 25.1 Å². The predicted octanol–water partition coefficient (Wildman–Crippen LogP) is 2.06. The molecular formula is C15H24N2O. The van der Waals surface area contributed by atoms with E-state index in [1.54, 1.807) is 0 Å². The molecule has 3 nitrogen and oxygen atoms in total. The quantitative estimate of drug-likeness (QED) is 0.863. The van der Waals surface area contributed by atoms with E-state index in [0.29, 0.717) is 12.0 Å². The molecule has 2 unspecified atom stereocenters. The SMILES string of the molecule is CCNC1COCC1CN(C)c1ccccc1C. The lowest BCUT2D eigenvalue weighted by Crippen LogP contribution is -2.40. The zero-order valence-electron chi connectivity index (χ0n) is 11.6. The van der Waals surface area contributed by atoms with Crippen molar-refractivity contribution < 1.29 is 4.74 Å². The molecule has 1 aliphatic rings. The van der Waals surface area contributed by atoms with Gasteiger partial charge in [0.05, 0.1) is 13.2 Å². The summed E-state index contributed by atoms with van der Waals surface area (Å²) in [5.74, 6) is 0.578. The van der Waals surface area contributed by atoms with Gasteiger partial charge in [0.1, 0.15) is 0 Å². The smallest absolute Gasteiger partial charge is 0.0624 e. The molecule has 1 aliphatic heterocycles. The van der Waals surface area contributed by atoms with Crippen LogP contribution in [0.3, 0.4) is 0 Å². The molecule has 1 aromatic carbocycles. The Hall–Kier alpha value is -1.06. The van der Waals surface area contributed by atoms with E-state index in [1.165, 1.54) is 11.3 Å². The van der Waals surface area contributed by atoms with Crippen molar-refractivity contribution in [2.45, 2.75) is 19.9 Å². The molecule has 1 heterocycles. The van der Waals surface area contributed by atoms with E-state index in [-0.39, 0.29) is 0 Å². The molecule has 0 aromatic heterocycles. The van der Waals surface area contributed by atoms with Crippen molar-refractivity contribution in [3.05, 3.63) is 29.8 Å². The molecule has 2 rings (SSSR count). The fourth-order valence-electron chi connectivity index (χ4n) is 2.71. The Morgan fingerprint density at radius 1 is 1.33 bits per heavy atom. The molecule has 100 valence electrons. The van der Waals surface area contributed by atoms with Crippen LogP contribution < -0.4 is 10.2 Å². The number of aryl methyl sites for hydroxylation is 1. The van der Waals surface area contributed by atoms with Gasteiger partial charge in [-0.3, -0.25) is 0 Å². The minimum atomic E-state index is 0.501. The molecule has 0 spiro atoms. The first-order valence-electron chi connectivity index (χ1n) is 6.80. The summed E-state index contributed by atoms with van der Waals surface area (Å²) in [5.41, 5.74) is 2.65. The summed E-state index contributed by atoms with van der Waals surface area (Å²) >= 11 is 0. The van der Waals surface area contributed by atoms with Gasteiger partial charge in [0.25, 0.3) is 0 Å². The number of benzene rings is 1. The largest absolute Gasteiger partial charge is 0.379 e. The third-order valence-corrected chi connectivity index (χ3v) is 3.70. The average Bonchev–Trinajstić information content (AvgIpc) is 2.78. The second kappa shape index (κ2) is 6.21. The van der Waals surface area contributed by atoms with Crippen LogP contribution in [0, 0.1) is 12.8 Å². The van der Waals surface area contributed by atoms with Crippen LogP contribution in [0.5, 0.6) is 0 Å². The first-order chi connectivity index (χ1) is 8.72. The molecule has 1 aromatic rings. The number of nitrogens with zero attached hydrogens (tertiary/aromatic N) is 1. The second-order valence-corrected chi connectivity index (χ2v) is 5.13. The maximum atomic E-state index is 5.60. The van der Waals surface area contributed by atoms with Gasteiger partial charge in [0.15, 0.2) is 0 Å². The number of anilines is 1. The summed E-state index contributed by atoms with van der Waals surface area (Å²) in [6.45, 7) is 8.09. The Bertz CT molecular complexity index is 381. The molecule has 1 N–H and O–H groups in total. The van der Waals surface area contributed by atoms with E-state index in [9.17, 15) is 0 Å². The zero-order valence-corrected chi connectivity index (χ0v) is 11.6. The first-order valence-corrected chi connectivity index (χ1v) is 6.80. The van der Waals surface area contributed by atoms with E-state index < -0.39 is 0 Å².